The number of carbonyl (C=O) groups excluding carboxylic acids is 1. The highest BCUT2D eigenvalue weighted by Gasteiger charge is 2.19. The Balaban J connectivity index is 2.34. The molecule has 1 amide bonds. The fraction of sp³-hybridized carbons (Fsp3) is 0.222. The van der Waals surface area contributed by atoms with Gasteiger partial charge in [-0.1, -0.05) is 35.0 Å². The van der Waals surface area contributed by atoms with E-state index >= 15 is 0 Å². The molecule has 130 valence electrons. The summed E-state index contributed by atoms with van der Waals surface area (Å²) in [5.41, 5.74) is 0.177. The van der Waals surface area contributed by atoms with E-state index in [4.69, 9.17) is 23.2 Å². The lowest BCUT2D eigenvalue weighted by Gasteiger charge is -2.06. The molecule has 1 heterocycles. The minimum absolute atomic E-state index is 0.0108. The minimum Gasteiger partial charge on any atom is -0.477 e. The zero-order valence-electron chi connectivity index (χ0n) is 13.7. The first-order valence-corrected chi connectivity index (χ1v) is 8.81. The number of halogens is 2. The van der Waals surface area contributed by atoms with E-state index in [9.17, 15) is 14.7 Å². The Kier molecular flexibility index (Phi) is 5.79. The summed E-state index contributed by atoms with van der Waals surface area (Å²) in [6, 6.07) is 6.01. The maximum Gasteiger partial charge on any atom is 0.348 e. The van der Waals surface area contributed by atoms with Gasteiger partial charge in [0.15, 0.2) is 0 Å². The van der Waals surface area contributed by atoms with Crippen LogP contribution in [0.15, 0.2) is 24.3 Å². The van der Waals surface area contributed by atoms with Crippen molar-refractivity contribution in [1.29, 1.82) is 0 Å². The number of carbonyl (C=O) groups is 2. The van der Waals surface area contributed by atoms with E-state index in [0.29, 0.717) is 9.90 Å². The van der Waals surface area contributed by atoms with Crippen LogP contribution in [-0.2, 0) is 0 Å². The summed E-state index contributed by atoms with van der Waals surface area (Å²) in [6.45, 7) is 5.87. The van der Waals surface area contributed by atoms with Gasteiger partial charge in [-0.05, 0) is 45.0 Å². The first kappa shape index (κ1) is 19.3. The molecule has 2 rings (SSSR count). The maximum atomic E-state index is 12.4. The van der Waals surface area contributed by atoms with Crippen LogP contribution in [0.2, 0.25) is 10.0 Å². The molecular weight excluding hydrogens is 381 g/mol. The first-order valence-electron chi connectivity index (χ1n) is 7.23. The second-order valence-electron chi connectivity index (χ2n) is 6.24. The SMILES string of the molecule is CC(C)(C)C#Cc1cc(NC(=O)c2ccc(Cl)cc2Cl)c(C(=O)O)s1. The molecule has 25 heavy (non-hydrogen) atoms. The molecule has 0 aliphatic rings. The van der Waals surface area contributed by atoms with Crippen molar-refractivity contribution in [1.82, 2.24) is 0 Å². The van der Waals surface area contributed by atoms with E-state index < -0.39 is 11.9 Å². The molecule has 0 spiro atoms. The summed E-state index contributed by atoms with van der Waals surface area (Å²) in [5, 5.41) is 12.5. The molecular formula is C18H15Cl2NO3S. The number of carboxylic acids is 1. The summed E-state index contributed by atoms with van der Waals surface area (Å²) < 4.78 is 0. The number of benzene rings is 1. The summed E-state index contributed by atoms with van der Waals surface area (Å²) in [4.78, 5) is 24.4. The molecule has 2 aromatic rings. The number of amides is 1. The van der Waals surface area contributed by atoms with Gasteiger partial charge in [0.1, 0.15) is 4.88 Å². The Morgan fingerprint density at radius 1 is 1.20 bits per heavy atom. The number of rotatable bonds is 3. The number of aromatic carboxylic acids is 1. The Morgan fingerprint density at radius 3 is 2.44 bits per heavy atom. The average molecular weight is 396 g/mol. The van der Waals surface area contributed by atoms with Crippen molar-refractivity contribution in [2.24, 2.45) is 5.41 Å². The van der Waals surface area contributed by atoms with Crippen molar-refractivity contribution in [2.75, 3.05) is 5.32 Å². The van der Waals surface area contributed by atoms with Crippen LogP contribution in [0.3, 0.4) is 0 Å². The molecule has 0 saturated carbocycles. The van der Waals surface area contributed by atoms with Crippen molar-refractivity contribution in [3.05, 3.63) is 49.6 Å². The highest BCUT2D eigenvalue weighted by atomic mass is 35.5. The van der Waals surface area contributed by atoms with Crippen molar-refractivity contribution < 1.29 is 14.7 Å². The van der Waals surface area contributed by atoms with Gasteiger partial charge in [0.05, 0.1) is 21.2 Å². The van der Waals surface area contributed by atoms with Gasteiger partial charge in [0, 0.05) is 10.4 Å². The van der Waals surface area contributed by atoms with Gasteiger partial charge in [-0.2, -0.15) is 0 Å². The summed E-state index contributed by atoms with van der Waals surface area (Å²) >= 11 is 12.8. The molecule has 0 saturated heterocycles. The maximum absolute atomic E-state index is 12.4. The predicted molar refractivity (Wildman–Crippen MR) is 102 cm³/mol. The van der Waals surface area contributed by atoms with Gasteiger partial charge < -0.3 is 10.4 Å². The minimum atomic E-state index is -1.13. The van der Waals surface area contributed by atoms with Crippen LogP contribution >= 0.6 is 34.5 Å². The van der Waals surface area contributed by atoms with Crippen LogP contribution in [0.1, 0.15) is 45.7 Å². The zero-order valence-corrected chi connectivity index (χ0v) is 16.1. The molecule has 1 aromatic heterocycles. The van der Waals surface area contributed by atoms with Crippen LogP contribution in [0.25, 0.3) is 0 Å². The third-order valence-corrected chi connectivity index (χ3v) is 4.50. The third kappa shape index (κ3) is 5.23. The van der Waals surface area contributed by atoms with Gasteiger partial charge in [-0.25, -0.2) is 4.79 Å². The molecule has 1 aromatic carbocycles. The lowest BCUT2D eigenvalue weighted by molar-refractivity contribution is 0.0703. The van der Waals surface area contributed by atoms with Gasteiger partial charge in [0.2, 0.25) is 0 Å². The molecule has 0 unspecified atom stereocenters. The van der Waals surface area contributed by atoms with Gasteiger partial charge in [-0.3, -0.25) is 4.79 Å². The van der Waals surface area contributed by atoms with Crippen molar-refractivity contribution in [3.63, 3.8) is 0 Å². The predicted octanol–water partition coefficient (Wildman–Crippen LogP) is 5.40. The lowest BCUT2D eigenvalue weighted by Crippen LogP contribution is -2.13. The molecule has 0 bridgehead atoms. The van der Waals surface area contributed by atoms with Crippen molar-refractivity contribution in [2.45, 2.75) is 20.8 Å². The third-order valence-electron chi connectivity index (χ3n) is 2.91. The van der Waals surface area contributed by atoms with E-state index in [0.717, 1.165) is 11.3 Å². The second-order valence-corrected chi connectivity index (χ2v) is 8.13. The first-order chi connectivity index (χ1) is 11.6. The zero-order chi connectivity index (χ0) is 18.8. The number of nitrogens with one attached hydrogen (secondary N) is 1. The van der Waals surface area contributed by atoms with Crippen LogP contribution in [0.5, 0.6) is 0 Å². The molecule has 2 N–H and O–H groups in total. The normalized spacial score (nSPS) is 10.8. The van der Waals surface area contributed by atoms with Crippen molar-refractivity contribution >= 4 is 52.1 Å². The van der Waals surface area contributed by atoms with E-state index in [1.54, 1.807) is 6.07 Å². The summed E-state index contributed by atoms with van der Waals surface area (Å²) in [7, 11) is 0. The standard InChI is InChI=1S/C18H15Cl2NO3S/c1-18(2,3)7-6-11-9-14(15(25-11)17(23)24)21-16(22)12-5-4-10(19)8-13(12)20/h4-5,8-9H,1-3H3,(H,21,22)(H,23,24). The summed E-state index contributed by atoms with van der Waals surface area (Å²) in [6.07, 6.45) is 0. The molecule has 0 fully saturated rings. The lowest BCUT2D eigenvalue weighted by atomic mass is 9.98. The van der Waals surface area contributed by atoms with E-state index in [1.165, 1.54) is 18.2 Å². The highest BCUT2D eigenvalue weighted by molar-refractivity contribution is 7.15. The van der Waals surface area contributed by atoms with Gasteiger partial charge >= 0.3 is 5.97 Å². The van der Waals surface area contributed by atoms with Gasteiger partial charge in [-0.15, -0.1) is 11.3 Å². The number of carboxylic acid groups (broad SMARTS) is 1. The van der Waals surface area contributed by atoms with E-state index in [1.807, 2.05) is 20.8 Å². The number of hydrogen-bond acceptors (Lipinski definition) is 3. The Labute approximate surface area is 159 Å². The van der Waals surface area contributed by atoms with E-state index in [2.05, 4.69) is 17.2 Å². The van der Waals surface area contributed by atoms with E-state index in [-0.39, 0.29) is 26.6 Å². The smallest absolute Gasteiger partial charge is 0.348 e. The summed E-state index contributed by atoms with van der Waals surface area (Å²) in [5.74, 6) is 4.33. The van der Waals surface area contributed by atoms with Crippen LogP contribution in [0, 0.1) is 17.3 Å². The fourth-order valence-corrected chi connectivity index (χ4v) is 3.12. The monoisotopic (exact) mass is 395 g/mol. The quantitative estimate of drug-likeness (QED) is 0.683. The Hall–Kier alpha value is -2.00. The molecule has 0 radical (unpaired) electrons. The largest absolute Gasteiger partial charge is 0.477 e. The highest BCUT2D eigenvalue weighted by Crippen LogP contribution is 2.29. The fourth-order valence-electron chi connectivity index (χ4n) is 1.82. The number of hydrogen-bond donors (Lipinski definition) is 2. The van der Waals surface area contributed by atoms with Crippen molar-refractivity contribution in [3.8, 4) is 11.8 Å². The molecule has 0 aliphatic carbocycles. The Bertz CT molecular complexity index is 901. The number of thiophene rings is 1. The average Bonchev–Trinajstić information content (AvgIpc) is 2.87. The number of anilines is 1. The topological polar surface area (TPSA) is 66.4 Å². The Morgan fingerprint density at radius 2 is 1.88 bits per heavy atom. The second kappa shape index (κ2) is 7.49. The molecule has 7 heteroatoms. The molecule has 0 aliphatic heterocycles. The van der Waals surface area contributed by atoms with Crippen LogP contribution in [0.4, 0.5) is 5.69 Å². The van der Waals surface area contributed by atoms with Crippen LogP contribution in [-0.4, -0.2) is 17.0 Å². The van der Waals surface area contributed by atoms with Crippen LogP contribution < -0.4 is 5.32 Å². The molecule has 4 nitrogen and oxygen atoms in total. The molecule has 0 atom stereocenters. The van der Waals surface area contributed by atoms with Gasteiger partial charge in [0.25, 0.3) is 5.91 Å².